The molecule has 8 heteroatoms. The van der Waals surface area contributed by atoms with Crippen LogP contribution in [0.25, 0.3) is 0 Å². The SMILES string of the molecule is CC(CC(=O)CC(C)C1CC(=O)C2C3=C(C(=O)[C@@H](O)C21)[C@@]1(C)CC[C@H](O)C(C)(C)C1CC3=O)C(=O)O. The smallest absolute Gasteiger partial charge is 0.306 e. The monoisotopic (exact) mass is 502 g/mol. The molecular weight excluding hydrogens is 464 g/mol. The number of rotatable bonds is 6. The number of carbonyl (C=O) groups excluding carboxylic acids is 4. The number of aliphatic hydroxyl groups is 2. The highest BCUT2D eigenvalue weighted by Crippen LogP contribution is 2.63. The third-order valence-corrected chi connectivity index (χ3v) is 10.1. The first kappa shape index (κ1) is 26.9. The largest absolute Gasteiger partial charge is 0.481 e. The second-order valence-corrected chi connectivity index (χ2v) is 12.6. The van der Waals surface area contributed by atoms with Gasteiger partial charge in [-0.25, -0.2) is 0 Å². The average molecular weight is 503 g/mol. The van der Waals surface area contributed by atoms with E-state index in [1.165, 1.54) is 6.92 Å². The molecule has 0 bridgehead atoms. The Morgan fingerprint density at radius 2 is 1.67 bits per heavy atom. The fraction of sp³-hybridized carbons (Fsp3) is 0.750. The molecule has 0 spiro atoms. The molecule has 0 aliphatic heterocycles. The summed E-state index contributed by atoms with van der Waals surface area (Å²) < 4.78 is 0. The topological polar surface area (TPSA) is 146 Å². The molecule has 8 nitrogen and oxygen atoms in total. The van der Waals surface area contributed by atoms with Crippen LogP contribution >= 0.6 is 0 Å². The number of hydrogen-bond acceptors (Lipinski definition) is 7. The van der Waals surface area contributed by atoms with Crippen LogP contribution in [-0.2, 0) is 24.0 Å². The van der Waals surface area contributed by atoms with E-state index in [1.54, 1.807) is 6.92 Å². The van der Waals surface area contributed by atoms with Gasteiger partial charge in [-0.05, 0) is 36.0 Å². The van der Waals surface area contributed by atoms with Crippen molar-refractivity contribution in [1.82, 2.24) is 0 Å². The van der Waals surface area contributed by atoms with Gasteiger partial charge in [0, 0.05) is 48.2 Å². The minimum atomic E-state index is -1.45. The van der Waals surface area contributed by atoms with Gasteiger partial charge in [-0.2, -0.15) is 0 Å². The summed E-state index contributed by atoms with van der Waals surface area (Å²) in [6.45, 7) is 9.00. The molecule has 198 valence electrons. The zero-order chi connectivity index (χ0) is 26.9. The summed E-state index contributed by atoms with van der Waals surface area (Å²) in [5.41, 5.74) is -0.785. The summed E-state index contributed by atoms with van der Waals surface area (Å²) in [7, 11) is 0. The maximum absolute atomic E-state index is 13.8. The number of hydrogen-bond donors (Lipinski definition) is 3. The summed E-state index contributed by atoms with van der Waals surface area (Å²) in [4.78, 5) is 64.3. The quantitative estimate of drug-likeness (QED) is 0.502. The van der Waals surface area contributed by atoms with Crippen LogP contribution in [0.3, 0.4) is 0 Å². The van der Waals surface area contributed by atoms with E-state index in [4.69, 9.17) is 5.11 Å². The van der Waals surface area contributed by atoms with Gasteiger partial charge in [0.25, 0.3) is 0 Å². The highest BCUT2D eigenvalue weighted by molar-refractivity contribution is 6.15. The van der Waals surface area contributed by atoms with Crippen molar-refractivity contribution in [3.05, 3.63) is 11.1 Å². The number of carboxylic acid groups (broad SMARTS) is 1. The number of carbonyl (C=O) groups is 5. The third-order valence-electron chi connectivity index (χ3n) is 10.1. The van der Waals surface area contributed by atoms with Gasteiger partial charge < -0.3 is 15.3 Å². The number of aliphatic hydroxyl groups excluding tert-OH is 2. The molecule has 2 saturated carbocycles. The number of aliphatic carboxylic acids is 1. The average Bonchev–Trinajstić information content (AvgIpc) is 3.13. The molecule has 4 aliphatic carbocycles. The van der Waals surface area contributed by atoms with Crippen molar-refractivity contribution in [3.63, 3.8) is 0 Å². The number of Topliss-reactive ketones (excluding diaryl/α,β-unsaturated/α-hetero) is 4. The molecule has 0 aromatic rings. The van der Waals surface area contributed by atoms with Crippen LogP contribution in [0.15, 0.2) is 11.1 Å². The zero-order valence-electron chi connectivity index (χ0n) is 21.7. The maximum atomic E-state index is 13.8. The Bertz CT molecular complexity index is 1050. The summed E-state index contributed by atoms with van der Waals surface area (Å²) in [6.07, 6.45) is -0.958. The molecule has 4 aliphatic rings. The lowest BCUT2D eigenvalue weighted by Gasteiger charge is -2.57. The van der Waals surface area contributed by atoms with Crippen LogP contribution in [0.5, 0.6) is 0 Å². The summed E-state index contributed by atoms with van der Waals surface area (Å²) in [5, 5.41) is 31.0. The molecular formula is C28H38O8. The molecule has 4 rings (SSSR count). The Balaban J connectivity index is 1.69. The lowest BCUT2D eigenvalue weighted by Crippen LogP contribution is -2.58. The van der Waals surface area contributed by atoms with Crippen molar-refractivity contribution in [2.75, 3.05) is 0 Å². The van der Waals surface area contributed by atoms with Crippen molar-refractivity contribution >= 4 is 29.1 Å². The minimum Gasteiger partial charge on any atom is -0.481 e. The standard InChI is InChI=1S/C28H38O8/c1-12(8-14(29)9-13(2)26(35)36)15-10-16(30)21-20(15)24(33)25(34)23-22(21)17(31)11-18-27(3,4)19(32)6-7-28(18,23)5/h12-13,15,18-21,24,32-33H,6-11H2,1-5H3,(H,35,36)/t12?,13?,15?,18?,19-,20?,21?,24-,28-/m0/s1. The van der Waals surface area contributed by atoms with Crippen LogP contribution in [0, 0.1) is 46.3 Å². The second-order valence-electron chi connectivity index (χ2n) is 12.6. The summed E-state index contributed by atoms with van der Waals surface area (Å²) >= 11 is 0. The molecule has 9 atom stereocenters. The lowest BCUT2D eigenvalue weighted by atomic mass is 9.46. The van der Waals surface area contributed by atoms with Crippen molar-refractivity contribution in [2.24, 2.45) is 46.3 Å². The van der Waals surface area contributed by atoms with Gasteiger partial charge >= 0.3 is 5.97 Å². The molecule has 0 aromatic carbocycles. The van der Waals surface area contributed by atoms with Crippen LogP contribution < -0.4 is 0 Å². The Morgan fingerprint density at radius 1 is 1.03 bits per heavy atom. The number of carboxylic acids is 1. The number of fused-ring (bicyclic) bond motifs is 4. The van der Waals surface area contributed by atoms with E-state index in [9.17, 15) is 34.2 Å². The Morgan fingerprint density at radius 3 is 2.28 bits per heavy atom. The van der Waals surface area contributed by atoms with Crippen molar-refractivity contribution < 1.29 is 39.3 Å². The molecule has 6 unspecified atom stereocenters. The molecule has 36 heavy (non-hydrogen) atoms. The molecule has 0 aromatic heterocycles. The molecule has 0 radical (unpaired) electrons. The van der Waals surface area contributed by atoms with Gasteiger partial charge in [0.1, 0.15) is 17.7 Å². The van der Waals surface area contributed by atoms with Crippen LogP contribution in [0.1, 0.15) is 73.1 Å². The highest BCUT2D eigenvalue weighted by Gasteiger charge is 2.64. The fourth-order valence-corrected chi connectivity index (χ4v) is 7.96. The lowest BCUT2D eigenvalue weighted by molar-refractivity contribution is -0.145. The molecule has 3 N–H and O–H groups in total. The van der Waals surface area contributed by atoms with Crippen LogP contribution in [0.2, 0.25) is 0 Å². The maximum Gasteiger partial charge on any atom is 0.306 e. The summed E-state index contributed by atoms with van der Waals surface area (Å²) in [5.74, 6) is -5.78. The van der Waals surface area contributed by atoms with Gasteiger partial charge in [0.2, 0.25) is 0 Å². The predicted molar refractivity (Wildman–Crippen MR) is 129 cm³/mol. The normalized spacial score (nSPS) is 39.2. The van der Waals surface area contributed by atoms with Crippen molar-refractivity contribution in [1.29, 1.82) is 0 Å². The van der Waals surface area contributed by atoms with E-state index in [0.29, 0.717) is 12.8 Å². The van der Waals surface area contributed by atoms with Crippen molar-refractivity contribution in [2.45, 2.75) is 85.4 Å². The van der Waals surface area contributed by atoms with Gasteiger partial charge in [0.05, 0.1) is 17.9 Å². The van der Waals surface area contributed by atoms with E-state index in [2.05, 4.69) is 0 Å². The zero-order valence-corrected chi connectivity index (χ0v) is 21.7. The number of ketones is 4. The second kappa shape index (κ2) is 8.98. The van der Waals surface area contributed by atoms with Gasteiger partial charge in [-0.1, -0.05) is 34.6 Å². The predicted octanol–water partition coefficient (Wildman–Crippen LogP) is 2.53. The summed E-state index contributed by atoms with van der Waals surface area (Å²) in [6, 6.07) is 0. The molecule has 0 saturated heterocycles. The van der Waals surface area contributed by atoms with E-state index in [0.717, 1.165) is 0 Å². The van der Waals surface area contributed by atoms with E-state index >= 15 is 0 Å². The van der Waals surface area contributed by atoms with E-state index < -0.39 is 58.5 Å². The molecule has 0 amide bonds. The Labute approximate surface area is 211 Å². The minimum absolute atomic E-state index is 0.0470. The van der Waals surface area contributed by atoms with Crippen LogP contribution in [-0.4, -0.2) is 56.6 Å². The number of allylic oxidation sites excluding steroid dienone is 1. The van der Waals surface area contributed by atoms with Crippen LogP contribution in [0.4, 0.5) is 0 Å². The van der Waals surface area contributed by atoms with Gasteiger partial charge in [-0.15, -0.1) is 0 Å². The Kier molecular flexibility index (Phi) is 6.70. The van der Waals surface area contributed by atoms with Crippen molar-refractivity contribution in [3.8, 4) is 0 Å². The first-order chi connectivity index (χ1) is 16.6. The first-order valence-electron chi connectivity index (χ1n) is 13.1. The van der Waals surface area contributed by atoms with Gasteiger partial charge in [0.15, 0.2) is 11.6 Å². The van der Waals surface area contributed by atoms with E-state index in [1.807, 2.05) is 20.8 Å². The Hall–Kier alpha value is -2.19. The highest BCUT2D eigenvalue weighted by atomic mass is 16.4. The fourth-order valence-electron chi connectivity index (χ4n) is 7.96. The first-order valence-corrected chi connectivity index (χ1v) is 13.1. The molecule has 0 heterocycles. The third kappa shape index (κ3) is 3.92. The van der Waals surface area contributed by atoms with E-state index in [-0.39, 0.29) is 66.0 Å². The molecule has 2 fully saturated rings. The van der Waals surface area contributed by atoms with Gasteiger partial charge in [-0.3, -0.25) is 24.0 Å².